The van der Waals surface area contributed by atoms with E-state index < -0.39 is 10.0 Å². The van der Waals surface area contributed by atoms with E-state index in [1.807, 2.05) is 0 Å². The normalized spacial score (nSPS) is 12.7. The van der Waals surface area contributed by atoms with Gasteiger partial charge in [0, 0.05) is 18.3 Å². The molecular formula is C15H27N3O2S. The standard InChI is InChI=1S/C15H27N3O2S/c1-12(2)18-21(19,20)14-7-5-13(6-8-14)17-11-15(3,4)9-10-16/h5-8,12,17-18H,9-11,16H2,1-4H3. The highest BCUT2D eigenvalue weighted by Gasteiger charge is 2.17. The van der Waals surface area contributed by atoms with Crippen LogP contribution in [0.25, 0.3) is 0 Å². The van der Waals surface area contributed by atoms with E-state index in [-0.39, 0.29) is 16.4 Å². The summed E-state index contributed by atoms with van der Waals surface area (Å²) < 4.78 is 26.6. The van der Waals surface area contributed by atoms with E-state index in [0.717, 1.165) is 18.7 Å². The number of anilines is 1. The molecule has 4 N–H and O–H groups in total. The number of hydrogen-bond acceptors (Lipinski definition) is 4. The lowest BCUT2D eigenvalue weighted by Crippen LogP contribution is -2.30. The Kier molecular flexibility index (Phi) is 6.19. The molecule has 1 aromatic carbocycles. The van der Waals surface area contributed by atoms with Crippen molar-refractivity contribution in [1.29, 1.82) is 0 Å². The van der Waals surface area contributed by atoms with Crippen molar-refractivity contribution < 1.29 is 8.42 Å². The Labute approximate surface area is 128 Å². The fourth-order valence-corrected chi connectivity index (χ4v) is 3.20. The maximum absolute atomic E-state index is 12.0. The van der Waals surface area contributed by atoms with Crippen LogP contribution in [0.1, 0.15) is 34.1 Å². The van der Waals surface area contributed by atoms with Crippen molar-refractivity contribution in [2.24, 2.45) is 11.1 Å². The summed E-state index contributed by atoms with van der Waals surface area (Å²) in [6, 6.07) is 6.68. The summed E-state index contributed by atoms with van der Waals surface area (Å²) in [4.78, 5) is 0.281. The molecule has 0 saturated carbocycles. The van der Waals surface area contributed by atoms with Gasteiger partial charge in [-0.05, 0) is 56.5 Å². The first kappa shape index (κ1) is 17.9. The Morgan fingerprint density at radius 2 is 1.76 bits per heavy atom. The highest BCUT2D eigenvalue weighted by Crippen LogP contribution is 2.21. The zero-order chi connectivity index (χ0) is 16.1. The van der Waals surface area contributed by atoms with E-state index in [9.17, 15) is 8.42 Å². The molecule has 1 rings (SSSR count). The monoisotopic (exact) mass is 313 g/mol. The van der Waals surface area contributed by atoms with Gasteiger partial charge in [0.25, 0.3) is 0 Å². The first-order valence-electron chi connectivity index (χ1n) is 7.23. The summed E-state index contributed by atoms with van der Waals surface area (Å²) >= 11 is 0. The van der Waals surface area contributed by atoms with Gasteiger partial charge >= 0.3 is 0 Å². The molecule has 0 radical (unpaired) electrons. The van der Waals surface area contributed by atoms with Crippen molar-refractivity contribution in [3.8, 4) is 0 Å². The second-order valence-electron chi connectivity index (χ2n) is 6.36. The Balaban J connectivity index is 2.71. The van der Waals surface area contributed by atoms with Gasteiger partial charge in [0.2, 0.25) is 10.0 Å². The number of nitrogens with one attached hydrogen (secondary N) is 2. The lowest BCUT2D eigenvalue weighted by Gasteiger charge is -2.24. The molecule has 0 fully saturated rings. The highest BCUT2D eigenvalue weighted by molar-refractivity contribution is 7.89. The zero-order valence-corrected chi connectivity index (χ0v) is 14.1. The fourth-order valence-electron chi connectivity index (χ4n) is 1.95. The van der Waals surface area contributed by atoms with Crippen molar-refractivity contribution in [2.45, 2.75) is 45.1 Å². The van der Waals surface area contributed by atoms with Crippen molar-refractivity contribution >= 4 is 15.7 Å². The number of nitrogens with two attached hydrogens (primary N) is 1. The molecule has 5 nitrogen and oxygen atoms in total. The first-order valence-corrected chi connectivity index (χ1v) is 8.71. The van der Waals surface area contributed by atoms with Crippen LogP contribution in [0.2, 0.25) is 0 Å². The van der Waals surface area contributed by atoms with Gasteiger partial charge in [-0.3, -0.25) is 0 Å². The summed E-state index contributed by atoms with van der Waals surface area (Å²) in [6.45, 7) is 9.35. The molecule has 0 amide bonds. The molecule has 0 bridgehead atoms. The van der Waals surface area contributed by atoms with Gasteiger partial charge in [-0.1, -0.05) is 13.8 Å². The minimum Gasteiger partial charge on any atom is -0.385 e. The third-order valence-electron chi connectivity index (χ3n) is 3.15. The van der Waals surface area contributed by atoms with Gasteiger partial charge in [-0.15, -0.1) is 0 Å². The summed E-state index contributed by atoms with van der Waals surface area (Å²) in [5.41, 5.74) is 6.61. The smallest absolute Gasteiger partial charge is 0.240 e. The van der Waals surface area contributed by atoms with E-state index in [1.54, 1.807) is 38.1 Å². The van der Waals surface area contributed by atoms with Crippen LogP contribution >= 0.6 is 0 Å². The van der Waals surface area contributed by atoms with Crippen molar-refractivity contribution in [1.82, 2.24) is 4.72 Å². The average molecular weight is 313 g/mol. The van der Waals surface area contributed by atoms with Crippen molar-refractivity contribution in [3.05, 3.63) is 24.3 Å². The first-order chi connectivity index (χ1) is 9.66. The summed E-state index contributed by atoms with van der Waals surface area (Å²) in [7, 11) is -3.42. The molecule has 0 aromatic heterocycles. The molecule has 21 heavy (non-hydrogen) atoms. The van der Waals surface area contributed by atoms with Gasteiger partial charge in [0.05, 0.1) is 4.90 Å². The molecule has 0 atom stereocenters. The van der Waals surface area contributed by atoms with Crippen LogP contribution in [0.5, 0.6) is 0 Å². The lowest BCUT2D eigenvalue weighted by molar-refractivity contribution is 0.365. The van der Waals surface area contributed by atoms with Gasteiger partial charge in [-0.2, -0.15) is 0 Å². The number of hydrogen-bond donors (Lipinski definition) is 3. The fraction of sp³-hybridized carbons (Fsp3) is 0.600. The maximum atomic E-state index is 12.0. The van der Waals surface area contributed by atoms with Crippen LogP contribution in [-0.4, -0.2) is 27.5 Å². The van der Waals surface area contributed by atoms with Crippen LogP contribution < -0.4 is 15.8 Å². The van der Waals surface area contributed by atoms with Crippen LogP contribution in [0.4, 0.5) is 5.69 Å². The average Bonchev–Trinajstić information content (AvgIpc) is 2.35. The molecule has 0 aliphatic rings. The quantitative estimate of drug-likeness (QED) is 0.686. The molecule has 0 spiro atoms. The van der Waals surface area contributed by atoms with E-state index in [1.165, 1.54) is 0 Å². The summed E-state index contributed by atoms with van der Waals surface area (Å²) in [5.74, 6) is 0. The van der Waals surface area contributed by atoms with Gasteiger partial charge in [-0.25, -0.2) is 13.1 Å². The molecule has 0 aliphatic heterocycles. The molecular weight excluding hydrogens is 286 g/mol. The topological polar surface area (TPSA) is 84.2 Å². The van der Waals surface area contributed by atoms with Gasteiger partial charge < -0.3 is 11.1 Å². The SMILES string of the molecule is CC(C)NS(=O)(=O)c1ccc(NCC(C)(C)CCN)cc1. The number of sulfonamides is 1. The molecule has 1 aromatic rings. The largest absolute Gasteiger partial charge is 0.385 e. The minimum atomic E-state index is -3.42. The van der Waals surface area contributed by atoms with Gasteiger partial charge in [0.1, 0.15) is 0 Å². The second-order valence-corrected chi connectivity index (χ2v) is 8.07. The van der Waals surface area contributed by atoms with Crippen LogP contribution in [-0.2, 0) is 10.0 Å². The van der Waals surface area contributed by atoms with Gasteiger partial charge in [0.15, 0.2) is 0 Å². The molecule has 6 heteroatoms. The Morgan fingerprint density at radius 3 is 2.24 bits per heavy atom. The van der Waals surface area contributed by atoms with E-state index in [0.29, 0.717) is 6.54 Å². The highest BCUT2D eigenvalue weighted by atomic mass is 32.2. The second kappa shape index (κ2) is 7.24. The van der Waals surface area contributed by atoms with Crippen molar-refractivity contribution in [3.63, 3.8) is 0 Å². The molecule has 0 unspecified atom stereocenters. The number of rotatable bonds is 8. The minimum absolute atomic E-state index is 0.110. The Hall–Kier alpha value is -1.11. The van der Waals surface area contributed by atoms with E-state index in [2.05, 4.69) is 23.9 Å². The van der Waals surface area contributed by atoms with E-state index >= 15 is 0 Å². The van der Waals surface area contributed by atoms with Crippen LogP contribution in [0.3, 0.4) is 0 Å². The molecule has 0 saturated heterocycles. The maximum Gasteiger partial charge on any atom is 0.240 e. The Bertz CT molecular complexity index is 537. The van der Waals surface area contributed by atoms with Crippen LogP contribution in [0, 0.1) is 5.41 Å². The van der Waals surface area contributed by atoms with Crippen molar-refractivity contribution in [2.75, 3.05) is 18.4 Å². The summed E-state index contributed by atoms with van der Waals surface area (Å²) in [6.07, 6.45) is 0.935. The zero-order valence-electron chi connectivity index (χ0n) is 13.3. The molecule has 0 aliphatic carbocycles. The molecule has 120 valence electrons. The van der Waals surface area contributed by atoms with Crippen LogP contribution in [0.15, 0.2) is 29.2 Å². The Morgan fingerprint density at radius 1 is 1.19 bits per heavy atom. The third kappa shape index (κ3) is 6.03. The third-order valence-corrected chi connectivity index (χ3v) is 4.82. The summed E-state index contributed by atoms with van der Waals surface area (Å²) in [5, 5.41) is 3.32. The molecule has 0 heterocycles. The number of benzene rings is 1. The predicted molar refractivity (Wildman–Crippen MR) is 87.8 cm³/mol. The lowest BCUT2D eigenvalue weighted by atomic mass is 9.89. The van der Waals surface area contributed by atoms with E-state index in [4.69, 9.17) is 5.73 Å². The predicted octanol–water partition coefficient (Wildman–Crippen LogP) is 2.16.